The maximum absolute atomic E-state index is 12.4. The van der Waals surface area contributed by atoms with Crippen molar-refractivity contribution in [2.45, 2.75) is 18.1 Å². The van der Waals surface area contributed by atoms with Crippen LogP contribution in [0, 0.1) is 5.92 Å². The van der Waals surface area contributed by atoms with Crippen molar-refractivity contribution in [3.05, 3.63) is 41.4 Å². The lowest BCUT2D eigenvalue weighted by atomic mass is 9.86. The van der Waals surface area contributed by atoms with Crippen molar-refractivity contribution < 1.29 is 9.53 Å². The van der Waals surface area contributed by atoms with Gasteiger partial charge in [0.25, 0.3) is 0 Å². The third kappa shape index (κ3) is 1.26. The normalized spacial score (nSPS) is 36.5. The van der Waals surface area contributed by atoms with Crippen LogP contribution in [0.3, 0.4) is 0 Å². The van der Waals surface area contributed by atoms with Crippen molar-refractivity contribution >= 4 is 23.2 Å². The Hall–Kier alpha value is -1.32. The summed E-state index contributed by atoms with van der Waals surface area (Å²) in [6, 6.07) is 7.39. The Kier molecular flexibility index (Phi) is 1.98. The van der Waals surface area contributed by atoms with Crippen LogP contribution in [0.2, 0.25) is 5.02 Å². The first-order chi connectivity index (χ1) is 8.68. The number of benzene rings is 1. The van der Waals surface area contributed by atoms with Gasteiger partial charge in [-0.2, -0.15) is 0 Å². The fourth-order valence-electron chi connectivity index (χ4n) is 3.25. The maximum Gasteiger partial charge on any atom is 0.233 e. The van der Waals surface area contributed by atoms with E-state index < -0.39 is 0 Å². The van der Waals surface area contributed by atoms with E-state index in [9.17, 15) is 4.79 Å². The maximum atomic E-state index is 12.4. The largest absolute Gasteiger partial charge is 0.361 e. The average Bonchev–Trinajstić information content (AvgIpc) is 3.01. The van der Waals surface area contributed by atoms with Gasteiger partial charge in [0.15, 0.2) is 0 Å². The van der Waals surface area contributed by atoms with Crippen molar-refractivity contribution in [2.24, 2.45) is 5.92 Å². The molecule has 1 aromatic rings. The van der Waals surface area contributed by atoms with Crippen LogP contribution in [0.1, 0.15) is 6.42 Å². The van der Waals surface area contributed by atoms with Gasteiger partial charge in [0.05, 0.1) is 18.6 Å². The van der Waals surface area contributed by atoms with Crippen molar-refractivity contribution in [3.63, 3.8) is 0 Å². The van der Waals surface area contributed by atoms with E-state index in [0.29, 0.717) is 11.6 Å². The number of ether oxygens (including phenoxy) is 1. The highest BCUT2D eigenvalue weighted by molar-refractivity contribution is 6.30. The molecule has 2 saturated heterocycles. The van der Waals surface area contributed by atoms with Gasteiger partial charge in [0.2, 0.25) is 5.91 Å². The number of halogens is 1. The molecule has 0 saturated carbocycles. The molecule has 2 bridgehead atoms. The summed E-state index contributed by atoms with van der Waals surface area (Å²) in [5.74, 6) is 0.160. The van der Waals surface area contributed by atoms with E-state index in [1.807, 2.05) is 29.2 Å². The van der Waals surface area contributed by atoms with E-state index in [0.717, 1.165) is 12.1 Å². The number of fused-ring (bicyclic) bond motifs is 1. The van der Waals surface area contributed by atoms with Crippen LogP contribution in [-0.4, -0.2) is 24.2 Å². The van der Waals surface area contributed by atoms with Gasteiger partial charge < -0.3 is 9.64 Å². The first kappa shape index (κ1) is 10.6. The molecule has 3 aliphatic heterocycles. The number of rotatable bonds is 1. The van der Waals surface area contributed by atoms with E-state index >= 15 is 0 Å². The fourth-order valence-corrected chi connectivity index (χ4v) is 3.38. The highest BCUT2D eigenvalue weighted by Gasteiger charge is 2.60. The van der Waals surface area contributed by atoms with Crippen LogP contribution in [0.5, 0.6) is 0 Å². The highest BCUT2D eigenvalue weighted by Crippen LogP contribution is 2.49. The Morgan fingerprint density at radius 1 is 1.33 bits per heavy atom. The van der Waals surface area contributed by atoms with Crippen molar-refractivity contribution in [1.82, 2.24) is 0 Å². The average molecular weight is 262 g/mol. The van der Waals surface area contributed by atoms with Gasteiger partial charge in [-0.1, -0.05) is 23.8 Å². The topological polar surface area (TPSA) is 29.5 Å². The quantitative estimate of drug-likeness (QED) is 0.727. The molecule has 3 heterocycles. The Bertz CT molecular complexity index is 553. The SMILES string of the molecule is O=C1C2CC3C=CC2(CN1c1ccc(Cl)cc1)O3. The van der Waals surface area contributed by atoms with Gasteiger partial charge in [0.1, 0.15) is 5.60 Å². The highest BCUT2D eigenvalue weighted by atomic mass is 35.5. The number of nitrogens with zero attached hydrogens (tertiary/aromatic N) is 1. The number of amides is 1. The van der Waals surface area contributed by atoms with Gasteiger partial charge in [-0.25, -0.2) is 0 Å². The van der Waals surface area contributed by atoms with E-state index in [2.05, 4.69) is 12.2 Å². The lowest BCUT2D eigenvalue weighted by molar-refractivity contribution is -0.121. The molecule has 4 rings (SSSR count). The number of carbonyl (C=O) groups excluding carboxylic acids is 1. The first-order valence-electron chi connectivity index (χ1n) is 6.12. The van der Waals surface area contributed by atoms with Crippen LogP contribution >= 0.6 is 11.6 Å². The third-order valence-electron chi connectivity index (χ3n) is 4.13. The molecule has 1 spiro atoms. The van der Waals surface area contributed by atoms with Gasteiger partial charge >= 0.3 is 0 Å². The number of hydrogen-bond acceptors (Lipinski definition) is 2. The zero-order valence-electron chi connectivity index (χ0n) is 9.67. The van der Waals surface area contributed by atoms with E-state index in [1.54, 1.807) is 0 Å². The molecule has 4 heteroatoms. The second-order valence-electron chi connectivity index (χ2n) is 5.16. The zero-order valence-corrected chi connectivity index (χ0v) is 10.4. The Morgan fingerprint density at radius 2 is 2.11 bits per heavy atom. The van der Waals surface area contributed by atoms with Gasteiger partial charge in [-0.3, -0.25) is 4.79 Å². The monoisotopic (exact) mass is 261 g/mol. The van der Waals surface area contributed by atoms with Crippen LogP contribution in [0.25, 0.3) is 0 Å². The molecule has 0 radical (unpaired) electrons. The lowest BCUT2D eigenvalue weighted by Gasteiger charge is -2.21. The van der Waals surface area contributed by atoms with Crippen molar-refractivity contribution in [3.8, 4) is 0 Å². The zero-order chi connectivity index (χ0) is 12.3. The van der Waals surface area contributed by atoms with Crippen LogP contribution in [-0.2, 0) is 9.53 Å². The van der Waals surface area contributed by atoms with Gasteiger partial charge in [-0.05, 0) is 30.7 Å². The molecular formula is C14H12ClNO2. The molecule has 1 aromatic carbocycles. The number of anilines is 1. The first-order valence-corrected chi connectivity index (χ1v) is 6.50. The van der Waals surface area contributed by atoms with Crippen LogP contribution in [0.15, 0.2) is 36.4 Å². The second kappa shape index (κ2) is 3.37. The molecule has 0 aromatic heterocycles. The molecule has 0 aliphatic carbocycles. The van der Waals surface area contributed by atoms with Crippen molar-refractivity contribution in [2.75, 3.05) is 11.4 Å². The minimum atomic E-state index is -0.374. The second-order valence-corrected chi connectivity index (χ2v) is 5.60. The summed E-state index contributed by atoms with van der Waals surface area (Å²) in [4.78, 5) is 14.2. The lowest BCUT2D eigenvalue weighted by Crippen LogP contribution is -2.33. The summed E-state index contributed by atoms with van der Waals surface area (Å²) in [5.41, 5.74) is 0.523. The summed E-state index contributed by atoms with van der Waals surface area (Å²) < 4.78 is 5.93. The predicted octanol–water partition coefficient (Wildman–Crippen LogP) is 2.40. The fraction of sp³-hybridized carbons (Fsp3) is 0.357. The Labute approximate surface area is 110 Å². The molecular weight excluding hydrogens is 250 g/mol. The molecule has 3 nitrogen and oxygen atoms in total. The minimum Gasteiger partial charge on any atom is -0.361 e. The predicted molar refractivity (Wildman–Crippen MR) is 68.7 cm³/mol. The van der Waals surface area contributed by atoms with E-state index in [4.69, 9.17) is 16.3 Å². The van der Waals surface area contributed by atoms with Crippen molar-refractivity contribution in [1.29, 1.82) is 0 Å². The third-order valence-corrected chi connectivity index (χ3v) is 4.38. The van der Waals surface area contributed by atoms with Gasteiger partial charge in [-0.15, -0.1) is 0 Å². The molecule has 0 N–H and O–H groups in total. The Morgan fingerprint density at radius 3 is 2.78 bits per heavy atom. The Balaban J connectivity index is 1.71. The van der Waals surface area contributed by atoms with E-state index in [1.165, 1.54) is 0 Å². The van der Waals surface area contributed by atoms with Crippen LogP contribution in [0.4, 0.5) is 5.69 Å². The molecule has 2 fully saturated rings. The minimum absolute atomic E-state index is 0.0109. The standard InChI is InChI=1S/C14H12ClNO2/c15-9-1-3-10(4-2-9)16-8-14-6-5-11(18-14)7-12(14)13(16)17/h1-6,11-12H,7-8H2. The number of hydrogen-bond donors (Lipinski definition) is 0. The molecule has 1 amide bonds. The van der Waals surface area contributed by atoms with Crippen LogP contribution < -0.4 is 4.90 Å². The summed E-state index contributed by atoms with van der Waals surface area (Å²) in [7, 11) is 0. The smallest absolute Gasteiger partial charge is 0.233 e. The summed E-state index contributed by atoms with van der Waals surface area (Å²) in [6.07, 6.45) is 5.11. The molecule has 3 aliphatic rings. The summed E-state index contributed by atoms with van der Waals surface area (Å²) in [6.45, 7) is 0.616. The van der Waals surface area contributed by atoms with E-state index in [-0.39, 0.29) is 23.5 Å². The molecule has 3 unspecified atom stereocenters. The van der Waals surface area contributed by atoms with Gasteiger partial charge in [0, 0.05) is 10.7 Å². The molecule has 18 heavy (non-hydrogen) atoms. The summed E-state index contributed by atoms with van der Waals surface area (Å²) >= 11 is 5.87. The molecule has 3 atom stereocenters. The number of carbonyl (C=O) groups is 1. The summed E-state index contributed by atoms with van der Waals surface area (Å²) in [5, 5.41) is 0.681. The molecule has 92 valence electrons.